The monoisotopic (exact) mass is 429 g/mol. The number of fused-ring (bicyclic) bond motifs is 1. The summed E-state index contributed by atoms with van der Waals surface area (Å²) in [5.41, 5.74) is 0.0352. The number of nitrogens with one attached hydrogen (secondary N) is 1. The number of carbonyl (C=O) groups excluding carboxylic acids is 1. The van der Waals surface area contributed by atoms with Crippen molar-refractivity contribution in [2.45, 2.75) is 45.8 Å². The number of H-pyrrole nitrogens is 1. The number of hydrogen-bond acceptors (Lipinski definition) is 6. The first-order valence-corrected chi connectivity index (χ1v) is 10.5. The molecular formula is C21H24BNO6S. The lowest BCUT2D eigenvalue weighted by atomic mass is 9.78. The minimum atomic E-state index is -1.28. The Labute approximate surface area is 179 Å². The van der Waals surface area contributed by atoms with Crippen LogP contribution in [0.5, 0.6) is 0 Å². The van der Waals surface area contributed by atoms with Gasteiger partial charge >= 0.3 is 13.1 Å². The Hall–Kier alpha value is -2.36. The molecule has 2 N–H and O–H groups in total. The van der Waals surface area contributed by atoms with E-state index in [1.807, 2.05) is 39.8 Å². The van der Waals surface area contributed by atoms with E-state index in [1.54, 1.807) is 12.1 Å². The average Bonchev–Trinajstić information content (AvgIpc) is 2.86. The highest BCUT2D eigenvalue weighted by molar-refractivity contribution is 8.13. The van der Waals surface area contributed by atoms with Crippen molar-refractivity contribution in [1.29, 1.82) is 0 Å². The molecule has 1 aromatic heterocycles. The van der Waals surface area contributed by atoms with E-state index in [1.165, 1.54) is 13.1 Å². The summed E-state index contributed by atoms with van der Waals surface area (Å²) >= 11 is 1.15. The Kier molecular flexibility index (Phi) is 6.00. The lowest BCUT2D eigenvalue weighted by Crippen LogP contribution is -2.41. The first kappa shape index (κ1) is 22.3. The SMILES string of the molecule is CC(=O)SCC(=Cc1ccc2[nH]cc(C(=O)O)c(=O)c2c1)B1OC(C)(C)C(C)(C)O1. The van der Waals surface area contributed by atoms with Crippen molar-refractivity contribution in [1.82, 2.24) is 4.98 Å². The van der Waals surface area contributed by atoms with Gasteiger partial charge in [-0.2, -0.15) is 0 Å². The lowest BCUT2D eigenvalue weighted by Gasteiger charge is -2.32. The third-order valence-electron chi connectivity index (χ3n) is 5.49. The van der Waals surface area contributed by atoms with Crippen LogP contribution in [0.4, 0.5) is 0 Å². The van der Waals surface area contributed by atoms with Crippen LogP contribution in [0.15, 0.2) is 34.7 Å². The van der Waals surface area contributed by atoms with Gasteiger partial charge in [-0.3, -0.25) is 9.59 Å². The van der Waals surface area contributed by atoms with E-state index in [4.69, 9.17) is 9.31 Å². The van der Waals surface area contributed by atoms with Gasteiger partial charge in [0.15, 0.2) is 5.12 Å². The molecule has 1 aromatic carbocycles. The summed E-state index contributed by atoms with van der Waals surface area (Å²) in [5, 5.41) is 9.45. The largest absolute Gasteiger partial charge is 0.491 e. The maximum Gasteiger partial charge on any atom is 0.491 e. The third-order valence-corrected chi connectivity index (χ3v) is 6.37. The van der Waals surface area contributed by atoms with Crippen LogP contribution in [0.2, 0.25) is 0 Å². The summed E-state index contributed by atoms with van der Waals surface area (Å²) in [6.45, 7) is 9.30. The molecule has 0 aliphatic carbocycles. The number of aromatic nitrogens is 1. The van der Waals surface area contributed by atoms with Crippen molar-refractivity contribution >= 4 is 46.9 Å². The molecule has 7 nitrogen and oxygen atoms in total. The molecule has 1 aliphatic rings. The fraction of sp³-hybridized carbons (Fsp3) is 0.381. The molecule has 1 saturated heterocycles. The molecule has 9 heteroatoms. The number of carbonyl (C=O) groups is 2. The maximum atomic E-state index is 12.5. The number of aromatic carboxylic acids is 1. The van der Waals surface area contributed by atoms with E-state index in [2.05, 4.69) is 4.98 Å². The quantitative estimate of drug-likeness (QED) is 0.701. The van der Waals surface area contributed by atoms with E-state index >= 15 is 0 Å². The van der Waals surface area contributed by atoms with Gasteiger partial charge in [0, 0.05) is 29.8 Å². The molecule has 3 rings (SSSR count). The van der Waals surface area contributed by atoms with Crippen LogP contribution in [0, 0.1) is 0 Å². The fourth-order valence-corrected chi connectivity index (χ4v) is 3.65. The highest BCUT2D eigenvalue weighted by Gasteiger charge is 2.52. The molecule has 2 aromatic rings. The molecule has 2 heterocycles. The topological polar surface area (TPSA) is 106 Å². The fourth-order valence-electron chi connectivity index (χ4n) is 3.06. The van der Waals surface area contributed by atoms with Crippen LogP contribution in [0.25, 0.3) is 17.0 Å². The lowest BCUT2D eigenvalue weighted by molar-refractivity contribution is -0.109. The van der Waals surface area contributed by atoms with Crippen molar-refractivity contribution in [2.24, 2.45) is 0 Å². The summed E-state index contributed by atoms with van der Waals surface area (Å²) in [6, 6.07) is 5.15. The molecule has 0 radical (unpaired) electrons. The Bertz CT molecular complexity index is 1090. The zero-order valence-corrected chi connectivity index (χ0v) is 18.4. The number of rotatable bonds is 5. The standard InChI is InChI=1S/C21H24BNO6S/c1-12(24)30-11-14(22-28-20(2,3)21(4,5)29-22)8-13-6-7-17-15(9-13)18(25)16(10-23-17)19(26)27/h6-10H,11H2,1-5H3,(H,23,25)(H,26,27). The zero-order chi connectivity index (χ0) is 22.3. The predicted octanol–water partition coefficient (Wildman–Crippen LogP) is 3.52. The van der Waals surface area contributed by atoms with E-state index in [0.29, 0.717) is 16.8 Å². The predicted molar refractivity (Wildman–Crippen MR) is 119 cm³/mol. The number of thioether (sulfide) groups is 1. The molecule has 1 fully saturated rings. The number of hydrogen-bond donors (Lipinski definition) is 2. The highest BCUT2D eigenvalue weighted by atomic mass is 32.2. The second-order valence-electron chi connectivity index (χ2n) is 8.23. The summed E-state index contributed by atoms with van der Waals surface area (Å²) < 4.78 is 12.3. The van der Waals surface area contributed by atoms with Gasteiger partial charge in [-0.1, -0.05) is 23.9 Å². The van der Waals surface area contributed by atoms with Crippen LogP contribution in [-0.4, -0.2) is 45.2 Å². The molecular weight excluding hydrogens is 405 g/mol. The Morgan fingerprint density at radius 2 is 1.83 bits per heavy atom. The van der Waals surface area contributed by atoms with Crippen molar-refractivity contribution < 1.29 is 24.0 Å². The molecule has 158 valence electrons. The minimum absolute atomic E-state index is 0.0292. The third kappa shape index (κ3) is 4.38. The number of aromatic amines is 1. The summed E-state index contributed by atoms with van der Waals surface area (Å²) in [5.74, 6) is -0.912. The molecule has 1 aliphatic heterocycles. The summed E-state index contributed by atoms with van der Waals surface area (Å²) in [4.78, 5) is 38.2. The van der Waals surface area contributed by atoms with Crippen molar-refractivity contribution in [3.05, 3.63) is 51.2 Å². The number of carboxylic acids is 1. The summed E-state index contributed by atoms with van der Waals surface area (Å²) in [7, 11) is -0.638. The first-order valence-electron chi connectivity index (χ1n) is 9.49. The Morgan fingerprint density at radius 1 is 1.20 bits per heavy atom. The van der Waals surface area contributed by atoms with E-state index in [0.717, 1.165) is 17.2 Å². The van der Waals surface area contributed by atoms with Crippen LogP contribution in [0.3, 0.4) is 0 Å². The maximum absolute atomic E-state index is 12.5. The molecule has 0 unspecified atom stereocenters. The van der Waals surface area contributed by atoms with Gasteiger partial charge in [0.2, 0.25) is 5.43 Å². The Morgan fingerprint density at radius 3 is 2.40 bits per heavy atom. The van der Waals surface area contributed by atoms with Gasteiger partial charge < -0.3 is 19.4 Å². The Balaban J connectivity index is 2.05. The van der Waals surface area contributed by atoms with E-state index in [9.17, 15) is 19.5 Å². The van der Waals surface area contributed by atoms with Crippen LogP contribution >= 0.6 is 11.8 Å². The number of carboxylic acid groups (broad SMARTS) is 1. The molecule has 0 amide bonds. The zero-order valence-electron chi connectivity index (χ0n) is 17.6. The first-order chi connectivity index (χ1) is 13.9. The smallest absolute Gasteiger partial charge is 0.477 e. The molecule has 0 saturated carbocycles. The van der Waals surface area contributed by atoms with Crippen LogP contribution < -0.4 is 5.43 Å². The molecule has 0 spiro atoms. The minimum Gasteiger partial charge on any atom is -0.477 e. The van der Waals surface area contributed by atoms with Gasteiger partial charge in [0.05, 0.1) is 11.2 Å². The second kappa shape index (κ2) is 8.05. The van der Waals surface area contributed by atoms with Gasteiger partial charge in [-0.05, 0) is 50.9 Å². The van der Waals surface area contributed by atoms with Gasteiger partial charge in [-0.15, -0.1) is 0 Å². The van der Waals surface area contributed by atoms with Gasteiger partial charge in [0.25, 0.3) is 0 Å². The molecule has 30 heavy (non-hydrogen) atoms. The summed E-state index contributed by atoms with van der Waals surface area (Å²) in [6.07, 6.45) is 3.02. The van der Waals surface area contributed by atoms with Crippen molar-refractivity contribution in [3.63, 3.8) is 0 Å². The molecule has 0 atom stereocenters. The van der Waals surface area contributed by atoms with E-state index in [-0.39, 0.29) is 16.1 Å². The number of benzene rings is 1. The van der Waals surface area contributed by atoms with Crippen molar-refractivity contribution in [3.8, 4) is 0 Å². The second-order valence-corrected chi connectivity index (χ2v) is 9.38. The van der Waals surface area contributed by atoms with Crippen molar-refractivity contribution in [2.75, 3.05) is 5.75 Å². The van der Waals surface area contributed by atoms with Gasteiger partial charge in [-0.25, -0.2) is 4.79 Å². The van der Waals surface area contributed by atoms with Gasteiger partial charge in [0.1, 0.15) is 5.56 Å². The average molecular weight is 429 g/mol. The highest BCUT2D eigenvalue weighted by Crippen LogP contribution is 2.39. The van der Waals surface area contributed by atoms with E-state index < -0.39 is 29.7 Å². The van der Waals surface area contributed by atoms with Crippen LogP contribution in [-0.2, 0) is 14.1 Å². The number of pyridine rings is 1. The molecule has 0 bridgehead atoms. The van der Waals surface area contributed by atoms with Crippen LogP contribution in [0.1, 0.15) is 50.5 Å². The normalized spacial score (nSPS) is 18.0.